The maximum Gasteiger partial charge on any atom is 0.320 e. The number of fused-ring (bicyclic) bond motifs is 2. The molecule has 1 N–H and O–H groups in total. The summed E-state index contributed by atoms with van der Waals surface area (Å²) in [6.07, 6.45) is 4.97. The maximum atomic E-state index is 12.9. The second kappa shape index (κ2) is 6.00. The van der Waals surface area contributed by atoms with Gasteiger partial charge in [0.25, 0.3) is 0 Å². The van der Waals surface area contributed by atoms with Gasteiger partial charge in [-0.3, -0.25) is 0 Å². The lowest BCUT2D eigenvalue weighted by molar-refractivity contribution is 0.0652. The number of nitrogens with one attached hydrogen (secondary N) is 1. The fraction of sp³-hybridized carbons (Fsp3) is 0.941. The van der Waals surface area contributed by atoms with Gasteiger partial charge in [0.15, 0.2) is 0 Å². The van der Waals surface area contributed by atoms with Crippen molar-refractivity contribution in [1.82, 2.24) is 15.1 Å². The predicted octanol–water partition coefficient (Wildman–Crippen LogP) is 2.21. The first kappa shape index (κ1) is 16.1. The number of hydrogen-bond acceptors (Lipinski definition) is 3. The molecular weight excluding hydrogens is 278 g/mol. The fourth-order valence-corrected chi connectivity index (χ4v) is 4.75. The van der Waals surface area contributed by atoms with Gasteiger partial charge in [0, 0.05) is 31.2 Å². The third-order valence-electron chi connectivity index (χ3n) is 5.39. The summed E-state index contributed by atoms with van der Waals surface area (Å²) in [5.74, 6) is 0. The number of ether oxygens (including phenoxy) is 1. The first-order valence-electron chi connectivity index (χ1n) is 8.87. The van der Waals surface area contributed by atoms with E-state index < -0.39 is 0 Å². The molecule has 126 valence electrons. The highest BCUT2D eigenvalue weighted by Crippen LogP contribution is 2.43. The van der Waals surface area contributed by atoms with Crippen molar-refractivity contribution in [2.75, 3.05) is 19.7 Å². The molecule has 0 aromatic heterocycles. The molecule has 0 aliphatic carbocycles. The van der Waals surface area contributed by atoms with Gasteiger partial charge in [-0.05, 0) is 53.4 Å². The molecule has 3 aliphatic rings. The minimum absolute atomic E-state index is 0.0418. The summed E-state index contributed by atoms with van der Waals surface area (Å²) in [7, 11) is 0. The van der Waals surface area contributed by atoms with E-state index in [1.165, 1.54) is 12.8 Å². The number of carbonyl (C=O) groups is 1. The van der Waals surface area contributed by atoms with E-state index in [9.17, 15) is 4.79 Å². The first-order valence-corrected chi connectivity index (χ1v) is 8.87. The second-order valence-corrected chi connectivity index (χ2v) is 7.86. The first-order chi connectivity index (χ1) is 10.4. The number of urea groups is 1. The molecule has 2 amide bonds. The van der Waals surface area contributed by atoms with E-state index >= 15 is 0 Å². The van der Waals surface area contributed by atoms with Crippen LogP contribution in [0, 0.1) is 0 Å². The van der Waals surface area contributed by atoms with Gasteiger partial charge in [-0.1, -0.05) is 0 Å². The summed E-state index contributed by atoms with van der Waals surface area (Å²) in [5, 5.41) is 3.71. The molecule has 0 aromatic rings. The van der Waals surface area contributed by atoms with Gasteiger partial charge in [-0.2, -0.15) is 0 Å². The Hall–Kier alpha value is -0.810. The lowest BCUT2D eigenvalue weighted by Crippen LogP contribution is -2.59. The van der Waals surface area contributed by atoms with E-state index in [4.69, 9.17) is 4.74 Å². The molecule has 5 nitrogen and oxygen atoms in total. The molecule has 2 atom stereocenters. The monoisotopic (exact) mass is 309 g/mol. The smallest absolute Gasteiger partial charge is 0.320 e. The summed E-state index contributed by atoms with van der Waals surface area (Å²) in [6.45, 7) is 10.6. The van der Waals surface area contributed by atoms with E-state index in [1.54, 1.807) is 0 Å². The molecule has 0 radical (unpaired) electrons. The van der Waals surface area contributed by atoms with Crippen LogP contribution in [0.15, 0.2) is 0 Å². The summed E-state index contributed by atoms with van der Waals surface area (Å²) in [4.78, 5) is 17.1. The Morgan fingerprint density at radius 2 is 1.86 bits per heavy atom. The molecule has 3 rings (SSSR count). The molecule has 5 heteroatoms. The Morgan fingerprint density at radius 3 is 2.41 bits per heavy atom. The van der Waals surface area contributed by atoms with Gasteiger partial charge in [0.05, 0.1) is 18.2 Å². The molecule has 0 aromatic carbocycles. The van der Waals surface area contributed by atoms with Crippen molar-refractivity contribution >= 4 is 6.03 Å². The highest BCUT2D eigenvalue weighted by molar-refractivity contribution is 5.78. The molecule has 3 fully saturated rings. The molecular formula is C17H31N3O2. The van der Waals surface area contributed by atoms with Gasteiger partial charge in [0.1, 0.15) is 0 Å². The zero-order chi connectivity index (χ0) is 15.9. The van der Waals surface area contributed by atoms with E-state index in [2.05, 4.69) is 24.1 Å². The molecule has 22 heavy (non-hydrogen) atoms. The molecule has 1 spiro atoms. The normalized spacial score (nSPS) is 34.7. The van der Waals surface area contributed by atoms with Crippen LogP contribution in [0.5, 0.6) is 0 Å². The minimum atomic E-state index is 0.0418. The van der Waals surface area contributed by atoms with Crippen molar-refractivity contribution in [3.8, 4) is 0 Å². The maximum absolute atomic E-state index is 12.9. The predicted molar refractivity (Wildman–Crippen MR) is 86.9 cm³/mol. The number of carbonyl (C=O) groups excluding carboxylic acids is 1. The molecule has 2 unspecified atom stereocenters. The molecule has 0 saturated carbocycles. The van der Waals surface area contributed by atoms with Crippen LogP contribution < -0.4 is 5.32 Å². The van der Waals surface area contributed by atoms with Crippen molar-refractivity contribution in [2.45, 2.75) is 83.1 Å². The largest absolute Gasteiger partial charge is 0.377 e. The number of piperidine rings is 1. The zero-order valence-electron chi connectivity index (χ0n) is 14.5. The topological polar surface area (TPSA) is 44.8 Å². The van der Waals surface area contributed by atoms with Crippen molar-refractivity contribution in [3.05, 3.63) is 0 Å². The Bertz CT molecular complexity index is 412. The third kappa shape index (κ3) is 2.85. The van der Waals surface area contributed by atoms with Crippen LogP contribution in [0.3, 0.4) is 0 Å². The quantitative estimate of drug-likeness (QED) is 0.847. The van der Waals surface area contributed by atoms with Gasteiger partial charge < -0.3 is 19.9 Å². The molecule has 3 aliphatic heterocycles. The van der Waals surface area contributed by atoms with Crippen LogP contribution in [0.2, 0.25) is 0 Å². The number of hydrogen-bond donors (Lipinski definition) is 1. The van der Waals surface area contributed by atoms with Crippen molar-refractivity contribution < 1.29 is 9.53 Å². The van der Waals surface area contributed by atoms with Gasteiger partial charge >= 0.3 is 6.03 Å². The van der Waals surface area contributed by atoms with Crippen molar-refractivity contribution in [3.63, 3.8) is 0 Å². The lowest BCUT2D eigenvalue weighted by Gasteiger charge is -2.45. The SMILES string of the molecule is CC(C)OCCN1CC2(CC3CCC(C2)N3)N(C(C)C)C1=O. The van der Waals surface area contributed by atoms with Gasteiger partial charge in [-0.25, -0.2) is 4.79 Å². The van der Waals surface area contributed by atoms with Crippen molar-refractivity contribution in [1.29, 1.82) is 0 Å². The minimum Gasteiger partial charge on any atom is -0.377 e. The summed E-state index contributed by atoms with van der Waals surface area (Å²) in [6, 6.07) is 1.67. The van der Waals surface area contributed by atoms with Crippen molar-refractivity contribution in [2.24, 2.45) is 0 Å². The number of nitrogens with zero attached hydrogens (tertiary/aromatic N) is 2. The Labute approximate surface area is 134 Å². The zero-order valence-corrected chi connectivity index (χ0v) is 14.5. The average Bonchev–Trinajstić information content (AvgIpc) is 2.88. The third-order valence-corrected chi connectivity index (χ3v) is 5.39. The Morgan fingerprint density at radius 1 is 1.23 bits per heavy atom. The van der Waals surface area contributed by atoms with Crippen LogP contribution in [0.25, 0.3) is 0 Å². The van der Waals surface area contributed by atoms with E-state index in [-0.39, 0.29) is 23.7 Å². The van der Waals surface area contributed by atoms with Crippen LogP contribution >= 0.6 is 0 Å². The van der Waals surface area contributed by atoms with Crippen LogP contribution in [-0.4, -0.2) is 65.3 Å². The summed E-state index contributed by atoms with van der Waals surface area (Å²) in [5.41, 5.74) is 0.0418. The molecule has 3 saturated heterocycles. The van der Waals surface area contributed by atoms with Crippen LogP contribution in [0.4, 0.5) is 4.79 Å². The fourth-order valence-electron chi connectivity index (χ4n) is 4.75. The Balaban J connectivity index is 1.73. The lowest BCUT2D eigenvalue weighted by atomic mass is 9.82. The Kier molecular flexibility index (Phi) is 4.38. The summed E-state index contributed by atoms with van der Waals surface area (Å²) >= 11 is 0. The van der Waals surface area contributed by atoms with E-state index in [1.807, 2.05) is 18.7 Å². The van der Waals surface area contributed by atoms with Gasteiger partial charge in [0.2, 0.25) is 0 Å². The molecule has 3 heterocycles. The van der Waals surface area contributed by atoms with Crippen LogP contribution in [-0.2, 0) is 4.74 Å². The van der Waals surface area contributed by atoms with Gasteiger partial charge in [-0.15, -0.1) is 0 Å². The highest BCUT2D eigenvalue weighted by Gasteiger charge is 2.55. The number of rotatable bonds is 5. The summed E-state index contributed by atoms with van der Waals surface area (Å²) < 4.78 is 5.65. The highest BCUT2D eigenvalue weighted by atomic mass is 16.5. The standard InChI is InChI=1S/C17H31N3O2/c1-12(2)20-16(21)19(7-8-22-13(3)4)11-17(20)9-14-5-6-15(10-17)18-14/h12-15,18H,5-11H2,1-4H3. The van der Waals surface area contributed by atoms with Crippen LogP contribution in [0.1, 0.15) is 53.4 Å². The second-order valence-electron chi connectivity index (χ2n) is 7.86. The average molecular weight is 309 g/mol. The van der Waals surface area contributed by atoms with E-state index in [0.717, 1.165) is 19.4 Å². The van der Waals surface area contributed by atoms with E-state index in [0.29, 0.717) is 25.2 Å². The molecule has 2 bridgehead atoms. The number of amides is 2.